The highest BCUT2D eigenvalue weighted by Crippen LogP contribution is 2.09. The Hall–Kier alpha value is -1.77. The van der Waals surface area contributed by atoms with Gasteiger partial charge in [0.15, 0.2) is 5.78 Å². The predicted octanol–water partition coefficient (Wildman–Crippen LogP) is 2.01. The van der Waals surface area contributed by atoms with Crippen molar-refractivity contribution >= 4 is 5.78 Å². The topological polar surface area (TPSA) is 47.3 Å². The average Bonchev–Trinajstić information content (AvgIpc) is 2.37. The molecule has 20 heavy (non-hydrogen) atoms. The smallest absolute Gasteiger partial charge is 0.159 e. The zero-order chi connectivity index (χ0) is 15.7. The molecule has 0 aliphatic heterocycles. The molecule has 1 rings (SSSR count). The Kier molecular flexibility index (Phi) is 8.37. The van der Waals surface area contributed by atoms with Gasteiger partial charge in [0, 0.05) is 18.7 Å². The van der Waals surface area contributed by atoms with E-state index in [1.807, 2.05) is 0 Å². The van der Waals surface area contributed by atoms with Crippen molar-refractivity contribution in [2.24, 2.45) is 0 Å². The lowest BCUT2D eigenvalue weighted by molar-refractivity contribution is 0.101. The number of carbonyl (C=O) groups excluding carboxylic acids is 1. The number of hydrogen-bond donors (Lipinski definition) is 0. The molecule has 5 heteroatoms. The molecule has 0 bridgehead atoms. The first-order valence-corrected chi connectivity index (χ1v) is 6.28. The minimum Gasteiger partial charge on any atom is -0.308 e. The van der Waals surface area contributed by atoms with Gasteiger partial charge in [0.25, 0.3) is 0 Å². The molecular weight excluding hydrogens is 257 g/mol. The summed E-state index contributed by atoms with van der Waals surface area (Å²) < 4.78 is 12.8. The van der Waals surface area contributed by atoms with Crippen molar-refractivity contribution in [2.45, 2.75) is 6.92 Å². The van der Waals surface area contributed by atoms with E-state index < -0.39 is 5.82 Å². The lowest BCUT2D eigenvalue weighted by atomic mass is 10.1. The summed E-state index contributed by atoms with van der Waals surface area (Å²) in [5, 5.41) is 8.37. The second-order valence-corrected chi connectivity index (χ2v) is 4.97. The molecule has 4 nitrogen and oxygen atoms in total. The zero-order valence-electron chi connectivity index (χ0n) is 12.8. The highest BCUT2D eigenvalue weighted by atomic mass is 19.1. The molecule has 0 aliphatic carbocycles. The molecular formula is C15H22FN3O. The molecule has 0 saturated heterocycles. The Morgan fingerprint density at radius 2 is 1.70 bits per heavy atom. The monoisotopic (exact) mass is 279 g/mol. The molecule has 0 spiro atoms. The molecule has 0 amide bonds. The van der Waals surface area contributed by atoms with Gasteiger partial charge in [-0.3, -0.25) is 4.79 Å². The highest BCUT2D eigenvalue weighted by molar-refractivity contribution is 5.94. The highest BCUT2D eigenvalue weighted by Gasteiger charge is 2.04. The quantitative estimate of drug-likeness (QED) is 0.791. The van der Waals surface area contributed by atoms with Gasteiger partial charge in [-0.25, -0.2) is 4.39 Å². The molecule has 110 valence electrons. The van der Waals surface area contributed by atoms with E-state index in [-0.39, 0.29) is 16.9 Å². The van der Waals surface area contributed by atoms with E-state index in [9.17, 15) is 9.18 Å². The molecule has 0 aromatic heterocycles. The van der Waals surface area contributed by atoms with E-state index in [1.165, 1.54) is 19.1 Å². The van der Waals surface area contributed by atoms with Gasteiger partial charge in [-0.15, -0.1) is 0 Å². The third-order valence-electron chi connectivity index (χ3n) is 2.49. The van der Waals surface area contributed by atoms with Crippen LogP contribution < -0.4 is 0 Å². The van der Waals surface area contributed by atoms with Crippen LogP contribution in [0.25, 0.3) is 0 Å². The lowest BCUT2D eigenvalue weighted by Crippen LogP contribution is -2.25. The maximum atomic E-state index is 12.8. The van der Waals surface area contributed by atoms with E-state index in [1.54, 1.807) is 6.07 Å². The molecule has 0 fully saturated rings. The molecule has 0 saturated carbocycles. The van der Waals surface area contributed by atoms with Crippen LogP contribution in [0, 0.1) is 17.1 Å². The fourth-order valence-electron chi connectivity index (χ4n) is 1.22. The predicted molar refractivity (Wildman–Crippen MR) is 78.2 cm³/mol. The number of carbonyl (C=O) groups is 1. The van der Waals surface area contributed by atoms with Gasteiger partial charge in [-0.2, -0.15) is 5.26 Å². The lowest BCUT2D eigenvalue weighted by Gasteiger charge is -2.13. The summed E-state index contributed by atoms with van der Waals surface area (Å²) in [6.45, 7) is 3.64. The Morgan fingerprint density at radius 3 is 2.00 bits per heavy atom. The molecule has 0 aliphatic rings. The van der Waals surface area contributed by atoms with Crippen molar-refractivity contribution in [3.8, 4) is 6.07 Å². The molecule has 0 heterocycles. The first-order chi connectivity index (χ1) is 9.27. The van der Waals surface area contributed by atoms with Crippen molar-refractivity contribution in [1.82, 2.24) is 9.80 Å². The van der Waals surface area contributed by atoms with Crippen LogP contribution in [0.2, 0.25) is 0 Å². The Labute approximate surface area is 120 Å². The summed E-state index contributed by atoms with van der Waals surface area (Å²) in [5.74, 6) is -0.858. The molecule has 1 aromatic carbocycles. The number of Topliss-reactive ketones (excluding diaryl/α,β-unsaturated/α-hetero) is 1. The van der Waals surface area contributed by atoms with Gasteiger partial charge in [0.2, 0.25) is 0 Å². The van der Waals surface area contributed by atoms with Crippen LogP contribution in [0.15, 0.2) is 18.2 Å². The number of benzene rings is 1. The maximum absolute atomic E-state index is 12.8. The van der Waals surface area contributed by atoms with Crippen molar-refractivity contribution in [2.75, 3.05) is 41.3 Å². The first kappa shape index (κ1) is 18.2. The number of nitrogens with zero attached hydrogens (tertiary/aromatic N) is 3. The van der Waals surface area contributed by atoms with Gasteiger partial charge in [-0.05, 0) is 53.3 Å². The largest absolute Gasteiger partial charge is 0.308 e. The molecule has 1 aromatic rings. The van der Waals surface area contributed by atoms with Gasteiger partial charge in [-0.1, -0.05) is 0 Å². The van der Waals surface area contributed by atoms with Gasteiger partial charge >= 0.3 is 0 Å². The van der Waals surface area contributed by atoms with E-state index in [2.05, 4.69) is 38.0 Å². The summed E-state index contributed by atoms with van der Waals surface area (Å²) in [6, 6.07) is 5.48. The third-order valence-corrected chi connectivity index (χ3v) is 2.49. The van der Waals surface area contributed by atoms with E-state index in [4.69, 9.17) is 5.26 Å². The third kappa shape index (κ3) is 7.62. The molecule has 0 N–H and O–H groups in total. The summed E-state index contributed by atoms with van der Waals surface area (Å²) >= 11 is 0. The summed E-state index contributed by atoms with van der Waals surface area (Å²) in [4.78, 5) is 15.1. The van der Waals surface area contributed by atoms with Crippen molar-refractivity contribution in [3.63, 3.8) is 0 Å². The van der Waals surface area contributed by atoms with Gasteiger partial charge in [0.05, 0.1) is 5.56 Å². The molecule has 0 radical (unpaired) electrons. The van der Waals surface area contributed by atoms with Crippen LogP contribution >= 0.6 is 0 Å². The van der Waals surface area contributed by atoms with Crippen molar-refractivity contribution in [3.05, 3.63) is 35.1 Å². The van der Waals surface area contributed by atoms with Crippen LogP contribution in [0.4, 0.5) is 4.39 Å². The fraction of sp³-hybridized carbons (Fsp3) is 0.467. The number of rotatable bonds is 4. The summed E-state index contributed by atoms with van der Waals surface area (Å²) in [5.41, 5.74) is 0.242. The van der Waals surface area contributed by atoms with Crippen LogP contribution in [0.5, 0.6) is 0 Å². The van der Waals surface area contributed by atoms with Crippen LogP contribution in [0.3, 0.4) is 0 Å². The van der Waals surface area contributed by atoms with E-state index in [0.717, 1.165) is 19.2 Å². The second kappa shape index (κ2) is 9.18. The fourth-order valence-corrected chi connectivity index (χ4v) is 1.22. The van der Waals surface area contributed by atoms with E-state index in [0.29, 0.717) is 0 Å². The number of halogens is 1. The normalized spacial score (nSPS) is 9.95. The Bertz CT molecular complexity index is 470. The zero-order valence-corrected chi connectivity index (χ0v) is 12.8. The van der Waals surface area contributed by atoms with Crippen molar-refractivity contribution < 1.29 is 9.18 Å². The maximum Gasteiger partial charge on any atom is 0.159 e. The number of ketones is 1. The SMILES string of the molecule is CC(=O)c1ccc(C#N)c(F)c1.CN(C)CCN(C)C. The molecule has 0 unspecified atom stereocenters. The summed E-state index contributed by atoms with van der Waals surface area (Å²) in [6.07, 6.45) is 0. The second-order valence-electron chi connectivity index (χ2n) is 4.97. The van der Waals surface area contributed by atoms with Crippen molar-refractivity contribution in [1.29, 1.82) is 5.26 Å². The Morgan fingerprint density at radius 1 is 1.20 bits per heavy atom. The van der Waals surface area contributed by atoms with Gasteiger partial charge < -0.3 is 9.80 Å². The van der Waals surface area contributed by atoms with Gasteiger partial charge in [0.1, 0.15) is 11.9 Å². The standard InChI is InChI=1S/C9H6FNO.C6H16N2/c1-6(12)7-2-3-8(5-11)9(10)4-7;1-7(2)5-6-8(3)4/h2-4H,1H3;5-6H2,1-4H3. The average molecular weight is 279 g/mol. The minimum absolute atomic E-state index is 0.0417. The molecule has 0 atom stereocenters. The number of likely N-dealkylation sites (N-methyl/N-ethyl adjacent to an activating group) is 2. The first-order valence-electron chi connectivity index (χ1n) is 6.28. The van der Waals surface area contributed by atoms with Crippen LogP contribution in [-0.4, -0.2) is 56.9 Å². The minimum atomic E-state index is -0.648. The summed E-state index contributed by atoms with van der Waals surface area (Å²) in [7, 11) is 8.35. The van der Waals surface area contributed by atoms with E-state index >= 15 is 0 Å². The number of hydrogen-bond acceptors (Lipinski definition) is 4. The van der Waals surface area contributed by atoms with Crippen LogP contribution in [0.1, 0.15) is 22.8 Å². The Balaban J connectivity index is 0.000000396. The number of nitriles is 1. The van der Waals surface area contributed by atoms with Crippen LogP contribution in [-0.2, 0) is 0 Å².